The first-order valence-corrected chi connectivity index (χ1v) is 10.9. The van der Waals surface area contributed by atoms with Crippen molar-refractivity contribution in [2.45, 2.75) is 52.1 Å². The lowest BCUT2D eigenvalue weighted by Gasteiger charge is -2.16. The molecule has 0 saturated heterocycles. The molecular formula is C21H22ClNO5S. The molecule has 6 nitrogen and oxygen atoms in total. The van der Waals surface area contributed by atoms with Crippen molar-refractivity contribution in [2.24, 2.45) is 0 Å². The van der Waals surface area contributed by atoms with Gasteiger partial charge < -0.3 is 4.74 Å². The average molecular weight is 436 g/mol. The number of carbonyl (C=O) groups excluding carboxylic acids is 4. The van der Waals surface area contributed by atoms with Crippen molar-refractivity contribution in [2.75, 3.05) is 10.7 Å². The second kappa shape index (κ2) is 9.13. The summed E-state index contributed by atoms with van der Waals surface area (Å²) < 4.78 is 5.04. The Morgan fingerprint density at radius 3 is 2.34 bits per heavy atom. The summed E-state index contributed by atoms with van der Waals surface area (Å²) in [6.45, 7) is 3.52. The summed E-state index contributed by atoms with van der Waals surface area (Å²) in [5.41, 5.74) is 1.71. The van der Waals surface area contributed by atoms with Crippen LogP contribution in [0.3, 0.4) is 0 Å². The van der Waals surface area contributed by atoms with Crippen LogP contribution in [0, 0.1) is 0 Å². The molecule has 0 atom stereocenters. The van der Waals surface area contributed by atoms with Gasteiger partial charge in [0.1, 0.15) is 0 Å². The van der Waals surface area contributed by atoms with E-state index in [1.165, 1.54) is 12.1 Å². The highest BCUT2D eigenvalue weighted by molar-refractivity contribution is 8.14. The minimum atomic E-state index is -0.370. The molecule has 0 saturated carbocycles. The zero-order valence-corrected chi connectivity index (χ0v) is 17.9. The summed E-state index contributed by atoms with van der Waals surface area (Å²) in [7, 11) is 0. The number of benzene rings is 1. The maximum atomic E-state index is 12.7. The molecule has 0 radical (unpaired) electrons. The Hall–Kier alpha value is -2.12. The fourth-order valence-corrected chi connectivity index (χ4v) is 4.45. The number of thioether (sulfide) groups is 1. The summed E-state index contributed by atoms with van der Waals surface area (Å²) in [6, 6.07) is 4.55. The molecule has 1 aromatic carbocycles. The van der Waals surface area contributed by atoms with Gasteiger partial charge in [-0.05, 0) is 57.7 Å². The highest BCUT2D eigenvalue weighted by Gasteiger charge is 2.39. The van der Waals surface area contributed by atoms with Crippen molar-refractivity contribution in [3.8, 4) is 0 Å². The number of halogens is 1. The smallest absolute Gasteiger partial charge is 0.306 e. The monoisotopic (exact) mass is 435 g/mol. The van der Waals surface area contributed by atoms with Crippen LogP contribution >= 0.6 is 23.4 Å². The summed E-state index contributed by atoms with van der Waals surface area (Å²) in [6.07, 6.45) is 2.91. The van der Waals surface area contributed by atoms with Gasteiger partial charge in [0.2, 0.25) is 5.12 Å². The molecular weight excluding hydrogens is 414 g/mol. The van der Waals surface area contributed by atoms with Crippen LogP contribution in [0.1, 0.15) is 56.3 Å². The molecule has 1 heterocycles. The SMILES string of the molecule is CC(C)OC(=O)CCSC(=O)c1cc(N2C(=O)C3=C(CCCC3)C2=O)ccc1Cl. The van der Waals surface area contributed by atoms with Crippen LogP contribution in [0.15, 0.2) is 29.3 Å². The molecule has 2 amide bonds. The van der Waals surface area contributed by atoms with E-state index in [1.807, 2.05) is 0 Å². The van der Waals surface area contributed by atoms with Crippen molar-refractivity contribution in [1.82, 2.24) is 0 Å². The summed E-state index contributed by atoms with van der Waals surface area (Å²) >= 11 is 7.13. The molecule has 1 aromatic rings. The van der Waals surface area contributed by atoms with Crippen LogP contribution in [0.4, 0.5) is 5.69 Å². The van der Waals surface area contributed by atoms with Gasteiger partial charge in [-0.15, -0.1) is 0 Å². The molecule has 2 aliphatic rings. The third kappa shape index (κ3) is 4.73. The molecule has 3 rings (SSSR count). The fourth-order valence-electron chi connectivity index (χ4n) is 3.41. The van der Waals surface area contributed by atoms with Gasteiger partial charge in [-0.25, -0.2) is 4.90 Å². The van der Waals surface area contributed by atoms with Gasteiger partial charge in [-0.2, -0.15) is 0 Å². The lowest BCUT2D eigenvalue weighted by atomic mass is 9.93. The average Bonchev–Trinajstić information content (AvgIpc) is 2.93. The standard InChI is InChI=1S/C21H22ClNO5S/c1-12(2)28-18(24)9-10-29-21(27)16-11-13(7-8-17(16)22)23-19(25)14-5-3-4-6-15(14)20(23)26/h7-8,11-12H,3-6,9-10H2,1-2H3. The molecule has 8 heteroatoms. The number of imide groups is 1. The largest absolute Gasteiger partial charge is 0.463 e. The van der Waals surface area contributed by atoms with E-state index in [2.05, 4.69) is 0 Å². The lowest BCUT2D eigenvalue weighted by Crippen LogP contribution is -2.31. The minimum Gasteiger partial charge on any atom is -0.463 e. The van der Waals surface area contributed by atoms with E-state index in [1.54, 1.807) is 19.9 Å². The first-order chi connectivity index (χ1) is 13.8. The third-order valence-electron chi connectivity index (χ3n) is 4.72. The summed E-state index contributed by atoms with van der Waals surface area (Å²) in [5, 5.41) is -0.0983. The van der Waals surface area contributed by atoms with Crippen LogP contribution in [0.25, 0.3) is 0 Å². The molecule has 0 N–H and O–H groups in total. The van der Waals surface area contributed by atoms with Gasteiger partial charge in [0.15, 0.2) is 0 Å². The van der Waals surface area contributed by atoms with Gasteiger partial charge in [-0.3, -0.25) is 19.2 Å². The predicted molar refractivity (Wildman–Crippen MR) is 112 cm³/mol. The van der Waals surface area contributed by atoms with Gasteiger partial charge in [0.05, 0.1) is 23.2 Å². The molecule has 1 aliphatic carbocycles. The molecule has 29 heavy (non-hydrogen) atoms. The van der Waals surface area contributed by atoms with Gasteiger partial charge in [0, 0.05) is 22.5 Å². The normalized spacial score (nSPS) is 16.5. The molecule has 0 unspecified atom stereocenters. The first kappa shape index (κ1) is 21.6. The van der Waals surface area contributed by atoms with Gasteiger partial charge in [0.25, 0.3) is 11.8 Å². The van der Waals surface area contributed by atoms with E-state index >= 15 is 0 Å². The minimum absolute atomic E-state index is 0.103. The number of anilines is 1. The number of hydrogen-bond acceptors (Lipinski definition) is 6. The van der Waals surface area contributed by atoms with E-state index in [9.17, 15) is 19.2 Å². The highest BCUT2D eigenvalue weighted by Crippen LogP contribution is 2.37. The molecule has 0 spiro atoms. The van der Waals surface area contributed by atoms with E-state index < -0.39 is 0 Å². The maximum absolute atomic E-state index is 12.7. The molecule has 1 aliphatic heterocycles. The van der Waals surface area contributed by atoms with Crippen LogP contribution in [-0.2, 0) is 19.1 Å². The Morgan fingerprint density at radius 1 is 1.14 bits per heavy atom. The van der Waals surface area contributed by atoms with E-state index in [-0.39, 0.29) is 51.8 Å². The lowest BCUT2D eigenvalue weighted by molar-refractivity contribution is -0.146. The third-order valence-corrected chi connectivity index (χ3v) is 5.94. The molecule has 0 aromatic heterocycles. The second-order valence-corrected chi connectivity index (χ2v) is 8.67. The van der Waals surface area contributed by atoms with E-state index in [4.69, 9.17) is 16.3 Å². The fraction of sp³-hybridized carbons (Fsp3) is 0.429. The number of amides is 2. The zero-order chi connectivity index (χ0) is 21.1. The van der Waals surface area contributed by atoms with Crippen LogP contribution in [-0.4, -0.2) is 34.8 Å². The first-order valence-electron chi connectivity index (χ1n) is 9.56. The molecule has 0 bridgehead atoms. The Morgan fingerprint density at radius 2 is 1.76 bits per heavy atom. The number of hydrogen-bond donors (Lipinski definition) is 0. The van der Waals surface area contributed by atoms with Crippen LogP contribution < -0.4 is 4.90 Å². The Labute approximate surface area is 178 Å². The van der Waals surface area contributed by atoms with Crippen molar-refractivity contribution < 1.29 is 23.9 Å². The Bertz CT molecular complexity index is 880. The predicted octanol–water partition coefficient (Wildman–Crippen LogP) is 4.30. The number of ether oxygens (including phenoxy) is 1. The molecule has 0 fully saturated rings. The Kier molecular flexibility index (Phi) is 6.80. The number of esters is 1. The van der Waals surface area contributed by atoms with Crippen molar-refractivity contribution in [3.63, 3.8) is 0 Å². The van der Waals surface area contributed by atoms with Gasteiger partial charge >= 0.3 is 5.97 Å². The number of nitrogens with zero attached hydrogens (tertiary/aromatic N) is 1. The maximum Gasteiger partial charge on any atom is 0.306 e. The number of rotatable bonds is 6. The quantitative estimate of drug-likeness (QED) is 0.489. The summed E-state index contributed by atoms with van der Waals surface area (Å²) in [4.78, 5) is 50.8. The second-order valence-electron chi connectivity index (χ2n) is 7.20. The Balaban J connectivity index is 1.72. The highest BCUT2D eigenvalue weighted by atomic mass is 35.5. The van der Waals surface area contributed by atoms with Gasteiger partial charge in [-0.1, -0.05) is 23.4 Å². The van der Waals surface area contributed by atoms with Crippen LogP contribution in [0.5, 0.6) is 0 Å². The van der Waals surface area contributed by atoms with E-state index in [0.717, 1.165) is 29.5 Å². The van der Waals surface area contributed by atoms with Crippen molar-refractivity contribution in [3.05, 3.63) is 39.9 Å². The molecule has 154 valence electrons. The van der Waals surface area contributed by atoms with Crippen molar-refractivity contribution >= 4 is 51.9 Å². The van der Waals surface area contributed by atoms with E-state index in [0.29, 0.717) is 29.7 Å². The van der Waals surface area contributed by atoms with Crippen molar-refractivity contribution in [1.29, 1.82) is 0 Å². The number of carbonyl (C=O) groups is 4. The zero-order valence-electron chi connectivity index (χ0n) is 16.3. The topological polar surface area (TPSA) is 80.8 Å². The van der Waals surface area contributed by atoms with Crippen LogP contribution in [0.2, 0.25) is 5.02 Å². The summed E-state index contributed by atoms with van der Waals surface area (Å²) in [5.74, 6) is -0.739.